The zero-order chi connectivity index (χ0) is 22.4. The average molecular weight is 447 g/mol. The summed E-state index contributed by atoms with van der Waals surface area (Å²) in [5.74, 6) is 0.166. The smallest absolute Gasteiger partial charge is 0.352 e. The van der Waals surface area contributed by atoms with Gasteiger partial charge in [-0.25, -0.2) is 4.98 Å². The summed E-state index contributed by atoms with van der Waals surface area (Å²) in [6, 6.07) is 14.0. The molecule has 0 spiro atoms. The number of benzene rings is 2. The first-order valence-electron chi connectivity index (χ1n) is 9.40. The molecule has 0 aliphatic heterocycles. The maximum Gasteiger partial charge on any atom is 0.416 e. The summed E-state index contributed by atoms with van der Waals surface area (Å²) in [6.07, 6.45) is -4.59. The molecule has 0 unspecified atom stereocenters. The van der Waals surface area contributed by atoms with Gasteiger partial charge in [0.15, 0.2) is 5.16 Å². The zero-order valence-electron chi connectivity index (χ0n) is 16.6. The Morgan fingerprint density at radius 3 is 2.55 bits per heavy atom. The largest absolute Gasteiger partial charge is 0.416 e. The zero-order valence-corrected chi connectivity index (χ0v) is 17.4. The van der Waals surface area contributed by atoms with Crippen LogP contribution >= 0.6 is 11.8 Å². The second kappa shape index (κ2) is 9.82. The molecule has 9 heteroatoms. The minimum atomic E-state index is -4.44. The Hall–Kier alpha value is -3.07. The average Bonchev–Trinajstić information content (AvgIpc) is 2.71. The quantitative estimate of drug-likeness (QED) is 0.420. The Kier molecular flexibility index (Phi) is 7.17. The normalized spacial score (nSPS) is 11.4. The molecule has 162 valence electrons. The monoisotopic (exact) mass is 447 g/mol. The van der Waals surface area contributed by atoms with Crippen molar-refractivity contribution in [1.29, 1.82) is 0 Å². The van der Waals surface area contributed by atoms with Gasteiger partial charge in [-0.15, -0.1) is 0 Å². The number of rotatable bonds is 7. The van der Waals surface area contributed by atoms with Gasteiger partial charge in [0.25, 0.3) is 5.56 Å². The van der Waals surface area contributed by atoms with E-state index in [2.05, 4.69) is 15.3 Å². The molecule has 31 heavy (non-hydrogen) atoms. The molecule has 2 N–H and O–H groups in total. The third-order valence-electron chi connectivity index (χ3n) is 4.35. The number of halogens is 3. The van der Waals surface area contributed by atoms with Crippen LogP contribution in [0.1, 0.15) is 27.9 Å². The second-order valence-electron chi connectivity index (χ2n) is 6.97. The molecule has 1 amide bonds. The maximum atomic E-state index is 12.8. The highest BCUT2D eigenvalue weighted by Gasteiger charge is 2.30. The van der Waals surface area contributed by atoms with Gasteiger partial charge >= 0.3 is 6.18 Å². The molecular weight excluding hydrogens is 427 g/mol. The van der Waals surface area contributed by atoms with E-state index in [0.717, 1.165) is 23.3 Å². The number of alkyl halides is 3. The van der Waals surface area contributed by atoms with Gasteiger partial charge in [0.05, 0.1) is 17.7 Å². The van der Waals surface area contributed by atoms with E-state index < -0.39 is 17.6 Å². The number of H-pyrrole nitrogens is 1. The van der Waals surface area contributed by atoms with Crippen molar-refractivity contribution >= 4 is 17.7 Å². The minimum Gasteiger partial charge on any atom is -0.352 e. The van der Waals surface area contributed by atoms with Crippen LogP contribution in [0, 0.1) is 6.92 Å². The van der Waals surface area contributed by atoms with Crippen molar-refractivity contribution in [3.63, 3.8) is 0 Å². The predicted molar refractivity (Wildman–Crippen MR) is 113 cm³/mol. The SMILES string of the molecule is Cc1ccc(CSc2nc(CC(=O)NCc3cccc(C(F)(F)F)c3)cc(=O)[nH]2)cc1. The number of nitrogens with zero attached hydrogens (tertiary/aromatic N) is 1. The molecule has 2 aromatic carbocycles. The fraction of sp³-hybridized carbons (Fsp3) is 0.227. The van der Waals surface area contributed by atoms with E-state index in [1.165, 1.54) is 30.0 Å². The van der Waals surface area contributed by atoms with E-state index in [4.69, 9.17) is 0 Å². The molecule has 1 aromatic heterocycles. The molecule has 3 rings (SSSR count). The lowest BCUT2D eigenvalue weighted by Crippen LogP contribution is -2.26. The molecule has 0 bridgehead atoms. The molecule has 0 atom stereocenters. The lowest BCUT2D eigenvalue weighted by Gasteiger charge is -2.10. The number of nitrogens with one attached hydrogen (secondary N) is 2. The van der Waals surface area contributed by atoms with Crippen molar-refractivity contribution in [2.75, 3.05) is 0 Å². The molecule has 0 fully saturated rings. The summed E-state index contributed by atoms with van der Waals surface area (Å²) >= 11 is 1.34. The molecule has 1 heterocycles. The summed E-state index contributed by atoms with van der Waals surface area (Å²) in [6.45, 7) is 1.94. The van der Waals surface area contributed by atoms with Crippen LogP contribution in [0.25, 0.3) is 0 Å². The van der Waals surface area contributed by atoms with Crippen LogP contribution in [0.5, 0.6) is 0 Å². The molecule has 5 nitrogen and oxygen atoms in total. The molecule has 0 aliphatic carbocycles. The molecule has 3 aromatic rings. The van der Waals surface area contributed by atoms with Crippen LogP contribution in [-0.2, 0) is 29.7 Å². The first-order valence-corrected chi connectivity index (χ1v) is 10.4. The van der Waals surface area contributed by atoms with E-state index in [1.54, 1.807) is 0 Å². The molecule has 0 radical (unpaired) electrons. The van der Waals surface area contributed by atoms with E-state index in [1.807, 2.05) is 31.2 Å². The second-order valence-corrected chi connectivity index (χ2v) is 7.93. The third-order valence-corrected chi connectivity index (χ3v) is 5.30. The standard InChI is InChI=1S/C22H20F3N3O2S/c1-14-5-7-15(8-6-14)13-31-21-27-18(11-20(30)28-21)10-19(29)26-12-16-3-2-4-17(9-16)22(23,24)25/h2-9,11H,10,12-13H2,1H3,(H,26,29)(H,27,28,30). The fourth-order valence-corrected chi connectivity index (χ4v) is 3.61. The first-order chi connectivity index (χ1) is 14.7. The lowest BCUT2D eigenvalue weighted by molar-refractivity contribution is -0.137. The number of aryl methyl sites for hydroxylation is 1. The summed E-state index contributed by atoms with van der Waals surface area (Å²) in [5, 5.41) is 2.96. The van der Waals surface area contributed by atoms with Crippen LogP contribution in [0.4, 0.5) is 13.2 Å². The highest BCUT2D eigenvalue weighted by molar-refractivity contribution is 7.98. The Balaban J connectivity index is 1.58. The van der Waals surface area contributed by atoms with Gasteiger partial charge in [-0.2, -0.15) is 13.2 Å². The van der Waals surface area contributed by atoms with Crippen molar-refractivity contribution in [3.8, 4) is 0 Å². The number of carbonyl (C=O) groups excluding carboxylic acids is 1. The Labute approximate surface area is 181 Å². The Morgan fingerprint density at radius 2 is 1.84 bits per heavy atom. The van der Waals surface area contributed by atoms with Crippen molar-refractivity contribution in [2.45, 2.75) is 37.0 Å². The number of amides is 1. The maximum absolute atomic E-state index is 12.8. The highest BCUT2D eigenvalue weighted by Crippen LogP contribution is 2.29. The number of aromatic amines is 1. The van der Waals surface area contributed by atoms with Gasteiger partial charge in [-0.3, -0.25) is 9.59 Å². The highest BCUT2D eigenvalue weighted by atomic mass is 32.2. The van der Waals surface area contributed by atoms with E-state index >= 15 is 0 Å². The lowest BCUT2D eigenvalue weighted by atomic mass is 10.1. The van der Waals surface area contributed by atoms with Gasteiger partial charge in [-0.1, -0.05) is 53.7 Å². The Morgan fingerprint density at radius 1 is 1.10 bits per heavy atom. The van der Waals surface area contributed by atoms with Crippen LogP contribution in [-0.4, -0.2) is 15.9 Å². The number of hydrogen-bond donors (Lipinski definition) is 2. The van der Waals surface area contributed by atoms with E-state index in [9.17, 15) is 22.8 Å². The predicted octanol–water partition coefficient (Wildman–Crippen LogP) is 4.25. The number of aromatic nitrogens is 2. The number of hydrogen-bond acceptors (Lipinski definition) is 4. The van der Waals surface area contributed by atoms with Gasteiger partial charge in [0.1, 0.15) is 0 Å². The fourth-order valence-electron chi connectivity index (χ4n) is 2.76. The van der Waals surface area contributed by atoms with Crippen molar-refractivity contribution < 1.29 is 18.0 Å². The van der Waals surface area contributed by atoms with Gasteiger partial charge in [0, 0.05) is 18.4 Å². The van der Waals surface area contributed by atoms with Crippen LogP contribution in [0.3, 0.4) is 0 Å². The summed E-state index contributed by atoms with van der Waals surface area (Å²) in [4.78, 5) is 31.1. The van der Waals surface area contributed by atoms with Crippen molar-refractivity contribution in [2.24, 2.45) is 0 Å². The van der Waals surface area contributed by atoms with Gasteiger partial charge < -0.3 is 10.3 Å². The first kappa shape index (κ1) is 22.6. The molecule has 0 saturated heterocycles. The summed E-state index contributed by atoms with van der Waals surface area (Å²) in [7, 11) is 0. The Bertz CT molecular complexity index is 1110. The van der Waals surface area contributed by atoms with Crippen LogP contribution in [0.15, 0.2) is 64.5 Å². The van der Waals surface area contributed by atoms with Gasteiger partial charge in [-0.05, 0) is 30.2 Å². The number of carbonyl (C=O) groups is 1. The topological polar surface area (TPSA) is 74.8 Å². The van der Waals surface area contributed by atoms with E-state index in [-0.39, 0.29) is 24.2 Å². The summed E-state index contributed by atoms with van der Waals surface area (Å²) in [5.41, 5.74) is 1.70. The summed E-state index contributed by atoms with van der Waals surface area (Å²) < 4.78 is 38.4. The molecule has 0 saturated carbocycles. The molecular formula is C22H20F3N3O2S. The van der Waals surface area contributed by atoms with Crippen LogP contribution < -0.4 is 10.9 Å². The molecule has 0 aliphatic rings. The third kappa shape index (κ3) is 6.99. The van der Waals surface area contributed by atoms with Crippen LogP contribution in [0.2, 0.25) is 0 Å². The van der Waals surface area contributed by atoms with Gasteiger partial charge in [0.2, 0.25) is 5.91 Å². The van der Waals surface area contributed by atoms with Crippen molar-refractivity contribution in [3.05, 3.63) is 92.9 Å². The number of thioether (sulfide) groups is 1. The minimum absolute atomic E-state index is 0.0546. The van der Waals surface area contributed by atoms with E-state index in [0.29, 0.717) is 16.5 Å². The van der Waals surface area contributed by atoms with Crippen molar-refractivity contribution in [1.82, 2.24) is 15.3 Å².